The average Bonchev–Trinajstić information content (AvgIpc) is 2.63. The summed E-state index contributed by atoms with van der Waals surface area (Å²) in [6.07, 6.45) is 0. The topological polar surface area (TPSA) is 50.4 Å². The van der Waals surface area contributed by atoms with E-state index in [2.05, 4.69) is 28.8 Å². The van der Waals surface area contributed by atoms with E-state index < -0.39 is 0 Å². The highest BCUT2D eigenvalue weighted by Crippen LogP contribution is 2.27. The highest BCUT2D eigenvalue weighted by atomic mass is 16.5. The average molecular weight is 334 g/mol. The standard InChI is InChI=1S/C21H22N2O2/c1-15(24)23-18-10-7-16(8-11-18)13-22-14-20-19-6-4-3-5-17(19)9-12-21(20)25-2/h3-12,22H,13-14H2,1-2H3,(H,23,24). The molecule has 0 atom stereocenters. The first-order valence-corrected chi connectivity index (χ1v) is 8.29. The lowest BCUT2D eigenvalue weighted by molar-refractivity contribution is -0.114. The minimum absolute atomic E-state index is 0.0612. The fraction of sp³-hybridized carbons (Fsp3) is 0.190. The Balaban J connectivity index is 1.69. The molecule has 0 bridgehead atoms. The van der Waals surface area contributed by atoms with E-state index in [1.807, 2.05) is 42.5 Å². The Labute approximate surface area is 147 Å². The lowest BCUT2D eigenvalue weighted by Gasteiger charge is -2.13. The lowest BCUT2D eigenvalue weighted by Crippen LogP contribution is -2.14. The number of amides is 1. The summed E-state index contributed by atoms with van der Waals surface area (Å²) in [6.45, 7) is 2.97. The number of methoxy groups -OCH3 is 1. The van der Waals surface area contributed by atoms with Crippen molar-refractivity contribution in [2.45, 2.75) is 20.0 Å². The van der Waals surface area contributed by atoms with E-state index in [0.717, 1.165) is 35.7 Å². The summed E-state index contributed by atoms with van der Waals surface area (Å²) in [6, 6.07) is 20.3. The molecule has 1 amide bonds. The molecular formula is C21H22N2O2. The van der Waals surface area contributed by atoms with E-state index in [-0.39, 0.29) is 5.91 Å². The number of fused-ring (bicyclic) bond motifs is 1. The summed E-state index contributed by atoms with van der Waals surface area (Å²) in [7, 11) is 1.70. The predicted octanol–water partition coefficient (Wildman–Crippen LogP) is 4.10. The molecule has 0 aromatic heterocycles. The monoisotopic (exact) mass is 334 g/mol. The second kappa shape index (κ2) is 7.81. The molecule has 0 saturated heterocycles. The maximum absolute atomic E-state index is 11.1. The zero-order valence-electron chi connectivity index (χ0n) is 14.5. The normalized spacial score (nSPS) is 10.6. The van der Waals surface area contributed by atoms with Crippen molar-refractivity contribution in [3.63, 3.8) is 0 Å². The first-order chi connectivity index (χ1) is 12.2. The summed E-state index contributed by atoms with van der Waals surface area (Å²) in [5.74, 6) is 0.834. The molecule has 4 nitrogen and oxygen atoms in total. The Morgan fingerprint density at radius 3 is 2.44 bits per heavy atom. The van der Waals surface area contributed by atoms with Gasteiger partial charge in [0.15, 0.2) is 0 Å². The van der Waals surface area contributed by atoms with Crippen LogP contribution in [-0.2, 0) is 17.9 Å². The van der Waals surface area contributed by atoms with Gasteiger partial charge < -0.3 is 15.4 Å². The third kappa shape index (κ3) is 4.17. The van der Waals surface area contributed by atoms with Crippen molar-refractivity contribution >= 4 is 22.4 Å². The van der Waals surface area contributed by atoms with Gasteiger partial charge in [-0.2, -0.15) is 0 Å². The Kier molecular flexibility index (Phi) is 5.31. The molecule has 0 heterocycles. The maximum Gasteiger partial charge on any atom is 0.221 e. The first-order valence-electron chi connectivity index (χ1n) is 8.29. The summed E-state index contributed by atoms with van der Waals surface area (Å²) in [5.41, 5.74) is 3.13. The number of hydrogen-bond donors (Lipinski definition) is 2. The van der Waals surface area contributed by atoms with E-state index in [4.69, 9.17) is 4.74 Å². The molecule has 0 spiro atoms. The van der Waals surface area contributed by atoms with Gasteiger partial charge in [-0.05, 0) is 34.5 Å². The zero-order valence-corrected chi connectivity index (χ0v) is 14.5. The number of hydrogen-bond acceptors (Lipinski definition) is 3. The van der Waals surface area contributed by atoms with Crippen LogP contribution in [0, 0.1) is 0 Å². The molecule has 0 aliphatic heterocycles. The lowest BCUT2D eigenvalue weighted by atomic mass is 10.0. The summed E-state index contributed by atoms with van der Waals surface area (Å²) < 4.78 is 5.53. The van der Waals surface area contributed by atoms with Crippen LogP contribution in [0.3, 0.4) is 0 Å². The molecule has 2 N–H and O–H groups in total. The number of carbonyl (C=O) groups is 1. The Morgan fingerprint density at radius 2 is 1.72 bits per heavy atom. The smallest absolute Gasteiger partial charge is 0.221 e. The third-order valence-corrected chi connectivity index (χ3v) is 4.12. The van der Waals surface area contributed by atoms with Gasteiger partial charge in [0, 0.05) is 31.3 Å². The van der Waals surface area contributed by atoms with Crippen LogP contribution in [0.25, 0.3) is 10.8 Å². The predicted molar refractivity (Wildman–Crippen MR) is 102 cm³/mol. The molecule has 128 valence electrons. The number of ether oxygens (including phenoxy) is 1. The van der Waals surface area contributed by atoms with Crippen molar-refractivity contribution in [2.24, 2.45) is 0 Å². The maximum atomic E-state index is 11.1. The largest absolute Gasteiger partial charge is 0.496 e. The Morgan fingerprint density at radius 1 is 0.960 bits per heavy atom. The second-order valence-corrected chi connectivity index (χ2v) is 5.95. The number of benzene rings is 3. The number of anilines is 1. The quantitative estimate of drug-likeness (QED) is 0.714. The molecule has 3 aromatic rings. The molecule has 3 aromatic carbocycles. The van der Waals surface area contributed by atoms with Crippen LogP contribution in [0.5, 0.6) is 5.75 Å². The van der Waals surface area contributed by atoms with E-state index in [9.17, 15) is 4.79 Å². The number of rotatable bonds is 6. The minimum Gasteiger partial charge on any atom is -0.496 e. The molecule has 4 heteroatoms. The first kappa shape index (κ1) is 17.0. The molecule has 0 unspecified atom stereocenters. The SMILES string of the molecule is COc1ccc2ccccc2c1CNCc1ccc(NC(C)=O)cc1. The van der Waals surface area contributed by atoms with Crippen LogP contribution in [0.1, 0.15) is 18.1 Å². The van der Waals surface area contributed by atoms with E-state index in [1.54, 1.807) is 7.11 Å². The Hall–Kier alpha value is -2.85. The van der Waals surface area contributed by atoms with Crippen molar-refractivity contribution in [1.82, 2.24) is 5.32 Å². The van der Waals surface area contributed by atoms with Gasteiger partial charge in [0.1, 0.15) is 5.75 Å². The highest BCUT2D eigenvalue weighted by molar-refractivity contribution is 5.88. The molecule has 3 rings (SSSR count). The van der Waals surface area contributed by atoms with Gasteiger partial charge in [-0.3, -0.25) is 4.79 Å². The molecule has 0 aliphatic carbocycles. The van der Waals surface area contributed by atoms with Crippen molar-refractivity contribution < 1.29 is 9.53 Å². The summed E-state index contributed by atoms with van der Waals surface area (Å²) >= 11 is 0. The van der Waals surface area contributed by atoms with Crippen molar-refractivity contribution in [3.05, 3.63) is 71.8 Å². The van der Waals surface area contributed by atoms with Crippen molar-refractivity contribution in [1.29, 1.82) is 0 Å². The van der Waals surface area contributed by atoms with Gasteiger partial charge in [0.05, 0.1) is 7.11 Å². The van der Waals surface area contributed by atoms with Crippen molar-refractivity contribution in [2.75, 3.05) is 12.4 Å². The zero-order chi connectivity index (χ0) is 17.6. The van der Waals surface area contributed by atoms with Crippen LogP contribution < -0.4 is 15.4 Å². The van der Waals surface area contributed by atoms with Gasteiger partial charge in [-0.1, -0.05) is 42.5 Å². The summed E-state index contributed by atoms with van der Waals surface area (Å²) in [5, 5.41) is 8.66. The fourth-order valence-electron chi connectivity index (χ4n) is 2.93. The molecular weight excluding hydrogens is 312 g/mol. The van der Waals surface area contributed by atoms with Gasteiger partial charge in [0.25, 0.3) is 0 Å². The third-order valence-electron chi connectivity index (χ3n) is 4.12. The van der Waals surface area contributed by atoms with Crippen molar-refractivity contribution in [3.8, 4) is 5.75 Å². The van der Waals surface area contributed by atoms with Crippen LogP contribution in [0.2, 0.25) is 0 Å². The van der Waals surface area contributed by atoms with Crippen LogP contribution in [0.4, 0.5) is 5.69 Å². The fourth-order valence-corrected chi connectivity index (χ4v) is 2.93. The number of nitrogens with one attached hydrogen (secondary N) is 2. The molecule has 25 heavy (non-hydrogen) atoms. The van der Waals surface area contributed by atoms with E-state index >= 15 is 0 Å². The van der Waals surface area contributed by atoms with Gasteiger partial charge >= 0.3 is 0 Å². The molecule has 0 fully saturated rings. The van der Waals surface area contributed by atoms with Crippen LogP contribution in [-0.4, -0.2) is 13.0 Å². The molecule has 0 radical (unpaired) electrons. The van der Waals surface area contributed by atoms with E-state index in [0.29, 0.717) is 0 Å². The van der Waals surface area contributed by atoms with E-state index in [1.165, 1.54) is 17.7 Å². The Bertz CT molecular complexity index is 873. The van der Waals surface area contributed by atoms with Gasteiger partial charge in [-0.15, -0.1) is 0 Å². The number of carbonyl (C=O) groups excluding carboxylic acids is 1. The van der Waals surface area contributed by atoms with Gasteiger partial charge in [0.2, 0.25) is 5.91 Å². The summed E-state index contributed by atoms with van der Waals surface area (Å²) in [4.78, 5) is 11.1. The van der Waals surface area contributed by atoms with Crippen LogP contribution >= 0.6 is 0 Å². The molecule has 0 saturated carbocycles. The second-order valence-electron chi connectivity index (χ2n) is 5.95. The molecule has 0 aliphatic rings. The van der Waals surface area contributed by atoms with Crippen LogP contribution in [0.15, 0.2) is 60.7 Å². The highest BCUT2D eigenvalue weighted by Gasteiger charge is 2.07. The minimum atomic E-state index is -0.0612. The van der Waals surface area contributed by atoms with Gasteiger partial charge in [-0.25, -0.2) is 0 Å².